The summed E-state index contributed by atoms with van der Waals surface area (Å²) in [7, 11) is 3.06. The van der Waals surface area contributed by atoms with Gasteiger partial charge in [0.05, 0.1) is 31.3 Å². The van der Waals surface area contributed by atoms with Crippen LogP contribution in [0.1, 0.15) is 24.0 Å². The third kappa shape index (κ3) is 8.42. The van der Waals surface area contributed by atoms with Crippen molar-refractivity contribution in [3.8, 4) is 23.0 Å². The number of halogens is 3. The number of carbonyl (C=O) groups is 2. The van der Waals surface area contributed by atoms with Gasteiger partial charge < -0.3 is 45.8 Å². The zero-order valence-electron chi connectivity index (χ0n) is 30.6. The van der Waals surface area contributed by atoms with Crippen LogP contribution in [-0.2, 0) is 17.4 Å². The Labute approximate surface area is 320 Å². The van der Waals surface area contributed by atoms with E-state index in [0.717, 1.165) is 22.5 Å². The molecule has 7 rings (SSSR count). The molecule has 2 aromatic heterocycles. The molecule has 12 nitrogen and oxygen atoms in total. The molecule has 0 saturated carbocycles. The first-order chi connectivity index (χ1) is 27.0. The van der Waals surface area contributed by atoms with Gasteiger partial charge in [0.2, 0.25) is 5.91 Å². The van der Waals surface area contributed by atoms with Crippen molar-refractivity contribution in [2.24, 2.45) is 5.73 Å². The molecule has 3 amide bonds. The molecular formula is C41H40F3N7O5. The monoisotopic (exact) mass is 767 g/mol. The minimum Gasteiger partial charge on any atom is -0.493 e. The number of nitrogens with one attached hydrogen (secondary N) is 4. The number of nitrogens with two attached hydrogens (primary N) is 1. The number of para-hydroxylation sites is 1. The Bertz CT molecular complexity index is 2380. The molecule has 290 valence electrons. The molecule has 0 bridgehead atoms. The number of rotatable bonds is 11. The summed E-state index contributed by atoms with van der Waals surface area (Å²) < 4.78 is 60.1. The van der Waals surface area contributed by atoms with E-state index in [9.17, 15) is 22.8 Å². The van der Waals surface area contributed by atoms with E-state index in [2.05, 4.69) is 25.9 Å². The first kappa shape index (κ1) is 37.8. The summed E-state index contributed by atoms with van der Waals surface area (Å²) in [6, 6.07) is 21.5. The maximum absolute atomic E-state index is 14.4. The molecule has 6 aromatic rings. The lowest BCUT2D eigenvalue weighted by molar-refractivity contribution is -0.137. The fourth-order valence-electron chi connectivity index (χ4n) is 6.91. The number of H-pyrrole nitrogens is 1. The first-order valence-electron chi connectivity index (χ1n) is 17.9. The minimum atomic E-state index is -4.69. The molecule has 0 unspecified atom stereocenters. The average molecular weight is 768 g/mol. The van der Waals surface area contributed by atoms with Crippen LogP contribution in [0.4, 0.5) is 35.0 Å². The molecule has 1 atom stereocenters. The van der Waals surface area contributed by atoms with Crippen molar-refractivity contribution in [1.82, 2.24) is 15.3 Å². The third-order valence-corrected chi connectivity index (χ3v) is 9.72. The van der Waals surface area contributed by atoms with E-state index < -0.39 is 23.8 Å². The maximum Gasteiger partial charge on any atom is 0.418 e. The van der Waals surface area contributed by atoms with Crippen molar-refractivity contribution in [2.45, 2.75) is 37.5 Å². The van der Waals surface area contributed by atoms with Gasteiger partial charge in [-0.1, -0.05) is 24.3 Å². The Kier molecular flexibility index (Phi) is 10.9. The number of aromatic nitrogens is 2. The Morgan fingerprint density at radius 3 is 2.38 bits per heavy atom. The largest absolute Gasteiger partial charge is 0.493 e. The van der Waals surface area contributed by atoms with Gasteiger partial charge in [-0.25, -0.2) is 4.79 Å². The number of pyridine rings is 1. The molecular weight excluding hydrogens is 727 g/mol. The van der Waals surface area contributed by atoms with Crippen molar-refractivity contribution in [3.05, 3.63) is 108 Å². The summed E-state index contributed by atoms with van der Waals surface area (Å²) in [5.41, 5.74) is 8.19. The molecule has 6 N–H and O–H groups in total. The van der Waals surface area contributed by atoms with Gasteiger partial charge in [-0.3, -0.25) is 9.78 Å². The third-order valence-electron chi connectivity index (χ3n) is 9.72. The van der Waals surface area contributed by atoms with Crippen LogP contribution in [0.15, 0.2) is 97.3 Å². The van der Waals surface area contributed by atoms with E-state index in [-0.39, 0.29) is 36.4 Å². The van der Waals surface area contributed by atoms with E-state index in [1.54, 1.807) is 53.6 Å². The van der Waals surface area contributed by atoms with E-state index in [1.807, 2.05) is 30.5 Å². The zero-order chi connectivity index (χ0) is 39.4. The summed E-state index contributed by atoms with van der Waals surface area (Å²) in [6.07, 6.45) is -0.0313. The summed E-state index contributed by atoms with van der Waals surface area (Å²) in [4.78, 5) is 35.2. The number of nitrogens with zero attached hydrogens (tertiary/aromatic N) is 2. The number of carbonyl (C=O) groups excluding carboxylic acids is 2. The highest BCUT2D eigenvalue weighted by molar-refractivity contribution is 6.00. The summed E-state index contributed by atoms with van der Waals surface area (Å²) in [6.45, 7) is 0.572. The lowest BCUT2D eigenvalue weighted by Gasteiger charge is -2.35. The fraction of sp³-hybridized carbons (Fsp3) is 0.244. The average Bonchev–Trinajstić information content (AvgIpc) is 3.60. The molecule has 3 heterocycles. The number of aromatic amines is 1. The van der Waals surface area contributed by atoms with Gasteiger partial charge in [-0.2, -0.15) is 13.2 Å². The number of urea groups is 1. The van der Waals surface area contributed by atoms with Gasteiger partial charge in [0.1, 0.15) is 11.5 Å². The predicted molar refractivity (Wildman–Crippen MR) is 209 cm³/mol. The number of anilines is 3. The summed E-state index contributed by atoms with van der Waals surface area (Å²) in [5.74, 6) is 1.58. The van der Waals surface area contributed by atoms with E-state index in [1.165, 1.54) is 26.4 Å². The molecule has 1 aliphatic heterocycles. The van der Waals surface area contributed by atoms with Crippen LogP contribution in [0.3, 0.4) is 0 Å². The second-order valence-electron chi connectivity index (χ2n) is 13.4. The molecule has 4 aromatic carbocycles. The first-order valence-corrected chi connectivity index (χ1v) is 17.9. The van der Waals surface area contributed by atoms with Crippen LogP contribution in [0.25, 0.3) is 21.8 Å². The van der Waals surface area contributed by atoms with E-state index >= 15 is 0 Å². The van der Waals surface area contributed by atoms with Crippen molar-refractivity contribution >= 4 is 50.8 Å². The van der Waals surface area contributed by atoms with Crippen molar-refractivity contribution in [3.63, 3.8) is 0 Å². The smallest absolute Gasteiger partial charge is 0.418 e. The van der Waals surface area contributed by atoms with Crippen LogP contribution in [0, 0.1) is 0 Å². The van der Waals surface area contributed by atoms with E-state index in [4.69, 9.17) is 19.9 Å². The van der Waals surface area contributed by atoms with Gasteiger partial charge in [0, 0.05) is 77.0 Å². The molecule has 0 spiro atoms. The predicted octanol–water partition coefficient (Wildman–Crippen LogP) is 7.84. The van der Waals surface area contributed by atoms with Crippen LogP contribution >= 0.6 is 0 Å². The highest BCUT2D eigenvalue weighted by atomic mass is 19.4. The van der Waals surface area contributed by atoms with Crippen LogP contribution < -0.4 is 40.8 Å². The quantitative estimate of drug-likeness (QED) is 0.0893. The standard InChI is InChI=1S/C41H40F3N7O5/c1-54-37-21-30-34(22-38(37)55-2)46-15-12-36(30)56-28-7-5-6-26(19-28)49-40(53)50-27-10-11-35(31(20-27)41(42,43)44)51-16-13-25(14-17-51)48-39(52)32(45)18-24-23-47-33-9-4-3-8-29(24)33/h3-12,15,19-23,25,32,47H,13-14,16-18,45H2,1-2H3,(H,48,52)(H2,49,50,53)/t32-/m0/s1. The number of methoxy groups -OCH3 is 2. The molecule has 56 heavy (non-hydrogen) atoms. The lowest BCUT2D eigenvalue weighted by atomic mass is 10.0. The van der Waals surface area contributed by atoms with E-state index in [0.29, 0.717) is 58.9 Å². The van der Waals surface area contributed by atoms with Crippen molar-refractivity contribution in [2.75, 3.05) is 42.8 Å². The minimum absolute atomic E-state index is 0.00572. The summed E-state index contributed by atoms with van der Waals surface area (Å²) in [5, 5.41) is 9.81. The molecule has 1 fully saturated rings. The summed E-state index contributed by atoms with van der Waals surface area (Å²) >= 11 is 0. The number of fused-ring (bicyclic) bond motifs is 2. The van der Waals surface area contributed by atoms with Crippen LogP contribution in [0.5, 0.6) is 23.0 Å². The van der Waals surface area contributed by atoms with Gasteiger partial charge in [0.15, 0.2) is 11.5 Å². The Morgan fingerprint density at radius 1 is 0.893 bits per heavy atom. The number of ether oxygens (including phenoxy) is 3. The van der Waals surface area contributed by atoms with Gasteiger partial charge in [-0.15, -0.1) is 0 Å². The molecule has 1 saturated heterocycles. The Balaban J connectivity index is 0.960. The lowest BCUT2D eigenvalue weighted by Crippen LogP contribution is -2.50. The maximum atomic E-state index is 14.4. The number of piperidine rings is 1. The second kappa shape index (κ2) is 16.1. The zero-order valence-corrected chi connectivity index (χ0v) is 30.6. The van der Waals surface area contributed by atoms with Crippen molar-refractivity contribution < 1.29 is 37.0 Å². The van der Waals surface area contributed by atoms with Crippen molar-refractivity contribution in [1.29, 1.82) is 0 Å². The Morgan fingerprint density at radius 2 is 1.62 bits per heavy atom. The second-order valence-corrected chi connectivity index (χ2v) is 13.4. The van der Waals surface area contributed by atoms with Crippen LogP contribution in [0.2, 0.25) is 0 Å². The SMILES string of the molecule is COc1cc2nccc(Oc3cccc(NC(=O)Nc4ccc(N5CCC(NC(=O)[C@@H](N)Cc6c[nH]c7ccccc67)CC5)c(C(F)(F)F)c4)c3)c2cc1OC. The molecule has 0 aliphatic carbocycles. The molecule has 15 heteroatoms. The highest BCUT2D eigenvalue weighted by Gasteiger charge is 2.36. The van der Waals surface area contributed by atoms with Gasteiger partial charge in [-0.05, 0) is 73.4 Å². The van der Waals surface area contributed by atoms with Gasteiger partial charge in [0.25, 0.3) is 0 Å². The number of alkyl halides is 3. The number of hydrogen-bond donors (Lipinski definition) is 5. The highest BCUT2D eigenvalue weighted by Crippen LogP contribution is 2.40. The molecule has 0 radical (unpaired) electrons. The fourth-order valence-corrected chi connectivity index (χ4v) is 6.91. The normalized spacial score (nSPS) is 14.0. The van der Waals surface area contributed by atoms with Gasteiger partial charge >= 0.3 is 12.2 Å². The van der Waals surface area contributed by atoms with Crippen LogP contribution in [-0.4, -0.2) is 61.3 Å². The molecule has 1 aliphatic rings. The number of benzene rings is 4. The number of amides is 3. The topological polar surface area (TPSA) is 156 Å². The Hall–Kier alpha value is -6.48. The number of hydrogen-bond acceptors (Lipinski definition) is 8.